The van der Waals surface area contributed by atoms with Crippen LogP contribution in [0.4, 0.5) is 0 Å². The number of nitrogens with zero attached hydrogens (tertiary/aromatic N) is 1. The zero-order valence-corrected chi connectivity index (χ0v) is 8.34. The minimum absolute atomic E-state index is 0.0805. The van der Waals surface area contributed by atoms with Gasteiger partial charge in [-0.3, -0.25) is 4.79 Å². The number of alkyl halides is 1. The number of hydrogen-bond acceptors (Lipinski definition) is 2. The van der Waals surface area contributed by atoms with Gasteiger partial charge in [-0.1, -0.05) is 15.9 Å². The maximum atomic E-state index is 11.3. The first-order valence-electron chi connectivity index (χ1n) is 3.84. The molecule has 2 aromatic rings. The van der Waals surface area contributed by atoms with E-state index < -0.39 is 0 Å². The molecule has 0 radical (unpaired) electrons. The van der Waals surface area contributed by atoms with Gasteiger partial charge in [-0.2, -0.15) is 0 Å². The summed E-state index contributed by atoms with van der Waals surface area (Å²) in [6.45, 7) is 0. The predicted octanol–water partition coefficient (Wildman–Crippen LogP) is 1.82. The summed E-state index contributed by atoms with van der Waals surface area (Å²) in [5.41, 5.74) is 1.28. The van der Waals surface area contributed by atoms with Crippen molar-refractivity contribution in [3.05, 3.63) is 40.3 Å². The van der Waals surface area contributed by atoms with Crippen molar-refractivity contribution < 1.29 is 0 Å². The summed E-state index contributed by atoms with van der Waals surface area (Å²) in [5, 5.41) is 1.52. The van der Waals surface area contributed by atoms with E-state index in [4.69, 9.17) is 0 Å². The molecule has 0 bridgehead atoms. The van der Waals surface area contributed by atoms with Crippen LogP contribution in [0.15, 0.2) is 29.2 Å². The first-order valence-corrected chi connectivity index (χ1v) is 4.96. The van der Waals surface area contributed by atoms with E-state index in [2.05, 4.69) is 25.9 Å². The maximum absolute atomic E-state index is 11.3. The minimum atomic E-state index is -0.0805. The highest BCUT2D eigenvalue weighted by Gasteiger charge is 2.00. The van der Waals surface area contributed by atoms with Crippen LogP contribution in [0.1, 0.15) is 5.56 Å². The van der Waals surface area contributed by atoms with Crippen molar-refractivity contribution in [2.45, 2.75) is 5.33 Å². The molecule has 0 amide bonds. The summed E-state index contributed by atoms with van der Waals surface area (Å²) < 4.78 is 0. The number of aromatic nitrogens is 2. The van der Waals surface area contributed by atoms with Crippen molar-refractivity contribution >= 4 is 27.0 Å². The summed E-state index contributed by atoms with van der Waals surface area (Å²) in [4.78, 5) is 18.1. The van der Waals surface area contributed by atoms with E-state index in [-0.39, 0.29) is 5.56 Å². The van der Waals surface area contributed by atoms with Gasteiger partial charge in [0.05, 0.1) is 0 Å². The van der Waals surface area contributed by atoms with Crippen molar-refractivity contribution in [3.63, 3.8) is 0 Å². The molecule has 2 rings (SSSR count). The second-order valence-corrected chi connectivity index (χ2v) is 3.26. The molecule has 1 N–H and O–H groups in total. The average Bonchev–Trinajstić information content (AvgIpc) is 2.17. The lowest BCUT2D eigenvalue weighted by atomic mass is 10.2. The minimum Gasteiger partial charge on any atom is -0.306 e. The number of aromatic amines is 1. The summed E-state index contributed by atoms with van der Waals surface area (Å²) >= 11 is 3.25. The Labute approximate surface area is 82.9 Å². The van der Waals surface area contributed by atoms with Crippen molar-refractivity contribution in [3.8, 4) is 0 Å². The first kappa shape index (κ1) is 8.44. The fraction of sp³-hybridized carbons (Fsp3) is 0.111. The van der Waals surface area contributed by atoms with E-state index in [1.54, 1.807) is 6.20 Å². The van der Waals surface area contributed by atoms with Crippen LogP contribution in [-0.4, -0.2) is 9.97 Å². The second-order valence-electron chi connectivity index (χ2n) is 2.70. The SMILES string of the molecule is O=c1[nH]c2ncccc2cc1CBr. The van der Waals surface area contributed by atoms with E-state index in [9.17, 15) is 4.79 Å². The first-order chi connectivity index (χ1) is 6.31. The van der Waals surface area contributed by atoms with Gasteiger partial charge in [-0.15, -0.1) is 0 Å². The van der Waals surface area contributed by atoms with Crippen LogP contribution in [0.5, 0.6) is 0 Å². The highest BCUT2D eigenvalue weighted by molar-refractivity contribution is 9.08. The molecule has 0 fully saturated rings. The molecule has 0 spiro atoms. The monoisotopic (exact) mass is 238 g/mol. The Bertz CT molecular complexity index is 492. The lowest BCUT2D eigenvalue weighted by Gasteiger charge is -1.97. The van der Waals surface area contributed by atoms with Gasteiger partial charge in [0, 0.05) is 22.5 Å². The number of nitrogens with one attached hydrogen (secondary N) is 1. The van der Waals surface area contributed by atoms with Crippen LogP contribution in [0, 0.1) is 0 Å². The number of halogens is 1. The van der Waals surface area contributed by atoms with Crippen molar-refractivity contribution in [1.82, 2.24) is 9.97 Å². The van der Waals surface area contributed by atoms with Crippen LogP contribution in [0.3, 0.4) is 0 Å². The van der Waals surface area contributed by atoms with E-state index >= 15 is 0 Å². The third-order valence-electron chi connectivity index (χ3n) is 1.84. The lowest BCUT2D eigenvalue weighted by Crippen LogP contribution is -2.10. The molecule has 0 atom stereocenters. The van der Waals surface area contributed by atoms with E-state index in [1.165, 1.54) is 0 Å². The second kappa shape index (κ2) is 3.30. The Hall–Kier alpha value is -1.16. The molecule has 66 valence electrons. The van der Waals surface area contributed by atoms with Crippen LogP contribution in [-0.2, 0) is 5.33 Å². The van der Waals surface area contributed by atoms with Gasteiger partial charge >= 0.3 is 0 Å². The zero-order valence-electron chi connectivity index (χ0n) is 6.75. The third-order valence-corrected chi connectivity index (χ3v) is 2.44. The van der Waals surface area contributed by atoms with Crippen LogP contribution >= 0.6 is 15.9 Å². The topological polar surface area (TPSA) is 45.8 Å². The fourth-order valence-corrected chi connectivity index (χ4v) is 1.60. The normalized spacial score (nSPS) is 10.5. The molecule has 0 aliphatic rings. The Balaban J connectivity index is 2.81. The van der Waals surface area contributed by atoms with Crippen LogP contribution < -0.4 is 5.56 Å². The molecular formula is C9H7BrN2O. The fourth-order valence-electron chi connectivity index (χ4n) is 1.18. The lowest BCUT2D eigenvalue weighted by molar-refractivity contribution is 1.18. The Morgan fingerprint density at radius 3 is 3.15 bits per heavy atom. The standard InChI is InChI=1S/C9H7BrN2O/c10-5-7-4-6-2-1-3-11-8(6)12-9(7)13/h1-4H,5H2,(H,11,12,13). The maximum Gasteiger partial charge on any atom is 0.253 e. The van der Waals surface area contributed by atoms with Gasteiger partial charge in [0.2, 0.25) is 0 Å². The Kier molecular flexibility index (Phi) is 2.14. The summed E-state index contributed by atoms with van der Waals surface area (Å²) in [6, 6.07) is 5.61. The number of fused-ring (bicyclic) bond motifs is 1. The van der Waals surface area contributed by atoms with E-state index in [1.807, 2.05) is 18.2 Å². The van der Waals surface area contributed by atoms with Gasteiger partial charge in [0.25, 0.3) is 5.56 Å². The van der Waals surface area contributed by atoms with Crippen LogP contribution in [0.2, 0.25) is 0 Å². The summed E-state index contributed by atoms with van der Waals surface area (Å²) in [7, 11) is 0. The largest absolute Gasteiger partial charge is 0.306 e. The van der Waals surface area contributed by atoms with Crippen molar-refractivity contribution in [2.75, 3.05) is 0 Å². The summed E-state index contributed by atoms with van der Waals surface area (Å²) in [5.74, 6) is 0. The highest BCUT2D eigenvalue weighted by atomic mass is 79.9. The van der Waals surface area contributed by atoms with E-state index in [0.29, 0.717) is 11.0 Å². The number of pyridine rings is 2. The number of H-pyrrole nitrogens is 1. The molecule has 0 saturated carbocycles. The zero-order chi connectivity index (χ0) is 9.26. The van der Waals surface area contributed by atoms with Gasteiger partial charge < -0.3 is 4.98 Å². The summed E-state index contributed by atoms with van der Waals surface area (Å²) in [6.07, 6.45) is 1.66. The molecule has 3 nitrogen and oxygen atoms in total. The molecule has 0 aliphatic carbocycles. The molecule has 0 saturated heterocycles. The predicted molar refractivity (Wildman–Crippen MR) is 55.0 cm³/mol. The highest BCUT2D eigenvalue weighted by Crippen LogP contribution is 2.08. The van der Waals surface area contributed by atoms with Gasteiger partial charge in [-0.25, -0.2) is 4.98 Å². The van der Waals surface area contributed by atoms with Gasteiger partial charge in [-0.05, 0) is 18.2 Å². The Morgan fingerprint density at radius 2 is 2.38 bits per heavy atom. The molecule has 0 aliphatic heterocycles. The molecule has 4 heteroatoms. The number of hydrogen-bond donors (Lipinski definition) is 1. The van der Waals surface area contributed by atoms with Crippen molar-refractivity contribution in [1.29, 1.82) is 0 Å². The van der Waals surface area contributed by atoms with Gasteiger partial charge in [0.15, 0.2) is 0 Å². The van der Waals surface area contributed by atoms with Gasteiger partial charge in [0.1, 0.15) is 5.65 Å². The molecule has 0 aromatic carbocycles. The smallest absolute Gasteiger partial charge is 0.253 e. The van der Waals surface area contributed by atoms with Crippen molar-refractivity contribution in [2.24, 2.45) is 0 Å². The molecule has 0 unspecified atom stereocenters. The molecule has 2 aromatic heterocycles. The van der Waals surface area contributed by atoms with E-state index in [0.717, 1.165) is 10.9 Å². The molecular weight excluding hydrogens is 232 g/mol. The number of rotatable bonds is 1. The van der Waals surface area contributed by atoms with Crippen LogP contribution in [0.25, 0.3) is 11.0 Å². The average molecular weight is 239 g/mol. The molecule has 13 heavy (non-hydrogen) atoms. The molecule has 2 heterocycles. The Morgan fingerprint density at radius 1 is 1.54 bits per heavy atom. The third kappa shape index (κ3) is 1.49. The quantitative estimate of drug-likeness (QED) is 0.771.